The molecule has 0 unspecified atom stereocenters. The third-order valence-electron chi connectivity index (χ3n) is 3.28. The van der Waals surface area contributed by atoms with Crippen molar-refractivity contribution in [2.75, 3.05) is 7.11 Å². The molecule has 0 saturated heterocycles. The molecular formula is C18H17Cl2N3O3. The fourth-order valence-corrected chi connectivity index (χ4v) is 2.24. The van der Waals surface area contributed by atoms with Crippen LogP contribution in [0.15, 0.2) is 69.5 Å². The third kappa shape index (κ3) is 5.15. The van der Waals surface area contributed by atoms with Crippen molar-refractivity contribution in [1.29, 1.82) is 0 Å². The number of halogens is 2. The van der Waals surface area contributed by atoms with Gasteiger partial charge in [-0.3, -0.25) is 0 Å². The van der Waals surface area contributed by atoms with Crippen LogP contribution in [-0.2, 0) is 16.1 Å². The van der Waals surface area contributed by atoms with Crippen LogP contribution in [0.1, 0.15) is 11.3 Å². The number of rotatable bonds is 7. The molecule has 8 heteroatoms. The Balaban J connectivity index is 2.26. The predicted molar refractivity (Wildman–Crippen MR) is 103 cm³/mol. The van der Waals surface area contributed by atoms with E-state index in [1.54, 1.807) is 36.4 Å². The number of esters is 1. The number of methoxy groups -OCH3 is 1. The zero-order valence-electron chi connectivity index (χ0n) is 14.0. The molecule has 26 heavy (non-hydrogen) atoms. The van der Waals surface area contributed by atoms with Gasteiger partial charge in [-0.2, -0.15) is 0 Å². The SMILES string of the molecule is C=C(/N=C(C(=O)OC)\C(Cl)=C(/N)NCc1ccco1)c1ccc(Cl)cc1. The maximum absolute atomic E-state index is 12.1. The lowest BCUT2D eigenvalue weighted by molar-refractivity contribution is -0.132. The van der Waals surface area contributed by atoms with Crippen LogP contribution in [0, 0.1) is 0 Å². The van der Waals surface area contributed by atoms with Gasteiger partial charge >= 0.3 is 5.97 Å². The lowest BCUT2D eigenvalue weighted by Gasteiger charge is -2.10. The molecule has 0 atom stereocenters. The lowest BCUT2D eigenvalue weighted by Crippen LogP contribution is -2.26. The molecule has 3 N–H and O–H groups in total. The highest BCUT2D eigenvalue weighted by molar-refractivity contribution is 6.58. The summed E-state index contributed by atoms with van der Waals surface area (Å²) in [6, 6.07) is 10.3. The highest BCUT2D eigenvalue weighted by Gasteiger charge is 2.20. The summed E-state index contributed by atoms with van der Waals surface area (Å²) < 4.78 is 9.93. The van der Waals surface area contributed by atoms with Crippen LogP contribution in [0.4, 0.5) is 0 Å². The molecule has 2 aromatic rings. The van der Waals surface area contributed by atoms with Gasteiger partial charge < -0.3 is 20.2 Å². The van der Waals surface area contributed by atoms with Crippen molar-refractivity contribution in [3.63, 3.8) is 0 Å². The average molecular weight is 394 g/mol. The Hall–Kier alpha value is -2.70. The first-order valence-corrected chi connectivity index (χ1v) is 8.21. The molecule has 2 rings (SSSR count). The Labute approximate surface area is 160 Å². The molecule has 136 valence electrons. The van der Waals surface area contributed by atoms with Gasteiger partial charge in [0.2, 0.25) is 0 Å². The quantitative estimate of drug-likeness (QED) is 0.553. The Morgan fingerprint density at radius 3 is 2.62 bits per heavy atom. The van der Waals surface area contributed by atoms with E-state index < -0.39 is 5.97 Å². The second-order valence-electron chi connectivity index (χ2n) is 5.07. The molecule has 0 aliphatic heterocycles. The minimum Gasteiger partial charge on any atom is -0.467 e. The Morgan fingerprint density at radius 2 is 2.04 bits per heavy atom. The number of furan rings is 1. The molecule has 0 radical (unpaired) electrons. The Bertz CT molecular complexity index is 841. The predicted octanol–water partition coefficient (Wildman–Crippen LogP) is 3.67. The maximum Gasteiger partial charge on any atom is 0.358 e. The van der Waals surface area contributed by atoms with Gasteiger partial charge in [-0.15, -0.1) is 0 Å². The van der Waals surface area contributed by atoms with Gasteiger partial charge in [0.05, 0.1) is 25.6 Å². The van der Waals surface area contributed by atoms with Gasteiger partial charge in [-0.25, -0.2) is 9.79 Å². The van der Waals surface area contributed by atoms with E-state index in [9.17, 15) is 4.79 Å². The molecule has 1 heterocycles. The van der Waals surface area contributed by atoms with Gasteiger partial charge in [-0.05, 0) is 29.8 Å². The molecule has 0 bridgehead atoms. The zero-order valence-corrected chi connectivity index (χ0v) is 15.5. The maximum atomic E-state index is 12.1. The number of nitrogens with zero attached hydrogens (tertiary/aromatic N) is 1. The van der Waals surface area contributed by atoms with Crippen LogP contribution in [-0.4, -0.2) is 18.8 Å². The minimum atomic E-state index is -0.743. The van der Waals surface area contributed by atoms with Crippen LogP contribution < -0.4 is 11.1 Å². The van der Waals surface area contributed by atoms with Crippen LogP contribution in [0.25, 0.3) is 5.70 Å². The van der Waals surface area contributed by atoms with E-state index in [-0.39, 0.29) is 16.6 Å². The third-order valence-corrected chi connectivity index (χ3v) is 3.92. The molecule has 1 aromatic heterocycles. The zero-order chi connectivity index (χ0) is 19.1. The van der Waals surface area contributed by atoms with Crippen molar-refractivity contribution in [3.8, 4) is 0 Å². The summed E-state index contributed by atoms with van der Waals surface area (Å²) in [5, 5.41) is 3.35. The minimum absolute atomic E-state index is 0.0520. The van der Waals surface area contributed by atoms with Crippen molar-refractivity contribution in [1.82, 2.24) is 5.32 Å². The van der Waals surface area contributed by atoms with Crippen LogP contribution >= 0.6 is 23.2 Å². The largest absolute Gasteiger partial charge is 0.467 e. The van der Waals surface area contributed by atoms with Crippen molar-refractivity contribution < 1.29 is 13.9 Å². The monoisotopic (exact) mass is 393 g/mol. The average Bonchev–Trinajstić information content (AvgIpc) is 3.17. The molecular weight excluding hydrogens is 377 g/mol. The number of hydrogen-bond donors (Lipinski definition) is 2. The summed E-state index contributed by atoms with van der Waals surface area (Å²) in [4.78, 5) is 16.3. The van der Waals surface area contributed by atoms with Crippen LogP contribution in [0.5, 0.6) is 0 Å². The van der Waals surface area contributed by atoms with E-state index >= 15 is 0 Å². The fraction of sp³-hybridized carbons (Fsp3) is 0.111. The summed E-state index contributed by atoms with van der Waals surface area (Å²) in [6.45, 7) is 4.14. The molecule has 0 spiro atoms. The number of ether oxygens (including phenoxy) is 1. The van der Waals surface area contributed by atoms with E-state index in [2.05, 4.69) is 16.9 Å². The van der Waals surface area contributed by atoms with Crippen LogP contribution in [0.3, 0.4) is 0 Å². The summed E-state index contributed by atoms with van der Waals surface area (Å²) in [7, 11) is 1.22. The number of aliphatic imine (C=N–C) groups is 1. The summed E-state index contributed by atoms with van der Waals surface area (Å²) in [5.74, 6) is -0.0384. The molecule has 0 aliphatic carbocycles. The number of nitrogens with one attached hydrogen (secondary N) is 1. The standard InChI is InChI=1S/C18H17Cl2N3O3/c1-11(12-5-7-13(19)8-6-12)23-16(18(24)25-2)15(20)17(21)22-10-14-4-3-9-26-14/h3-9,22H,1,10,21H2,2H3/b17-15-,23-16+. The molecule has 0 aliphatic rings. The van der Waals surface area contributed by atoms with E-state index in [0.717, 1.165) is 0 Å². The van der Waals surface area contributed by atoms with E-state index in [1.165, 1.54) is 13.4 Å². The van der Waals surface area contributed by atoms with Crippen molar-refractivity contribution >= 4 is 40.6 Å². The lowest BCUT2D eigenvalue weighted by atomic mass is 10.2. The Morgan fingerprint density at radius 1 is 1.35 bits per heavy atom. The number of nitrogens with two attached hydrogens (primary N) is 1. The molecule has 0 saturated carbocycles. The molecule has 1 aromatic carbocycles. The molecule has 0 fully saturated rings. The summed E-state index contributed by atoms with van der Waals surface area (Å²) in [5.41, 5.74) is 6.73. The smallest absolute Gasteiger partial charge is 0.358 e. The second-order valence-corrected chi connectivity index (χ2v) is 5.88. The number of carbonyl (C=O) groups is 1. The topological polar surface area (TPSA) is 89.8 Å². The van der Waals surface area contributed by atoms with Crippen molar-refractivity contribution in [2.24, 2.45) is 10.7 Å². The van der Waals surface area contributed by atoms with E-state index in [4.69, 9.17) is 38.1 Å². The van der Waals surface area contributed by atoms with Gasteiger partial charge in [0, 0.05) is 5.02 Å². The molecule has 0 amide bonds. The normalized spacial score (nSPS) is 12.3. The van der Waals surface area contributed by atoms with Crippen molar-refractivity contribution in [2.45, 2.75) is 6.54 Å². The Kier molecular flexibility index (Phi) is 6.89. The summed E-state index contributed by atoms with van der Waals surface area (Å²) in [6.07, 6.45) is 1.54. The van der Waals surface area contributed by atoms with Crippen molar-refractivity contribution in [3.05, 3.63) is 76.4 Å². The van der Waals surface area contributed by atoms with Gasteiger partial charge in [0.25, 0.3) is 0 Å². The number of hydrogen-bond acceptors (Lipinski definition) is 6. The first-order chi connectivity index (χ1) is 12.4. The first kappa shape index (κ1) is 19.6. The highest BCUT2D eigenvalue weighted by atomic mass is 35.5. The number of benzene rings is 1. The highest BCUT2D eigenvalue weighted by Crippen LogP contribution is 2.20. The van der Waals surface area contributed by atoms with E-state index in [1.807, 2.05) is 0 Å². The summed E-state index contributed by atoms with van der Waals surface area (Å²) >= 11 is 12.1. The first-order valence-electron chi connectivity index (χ1n) is 7.46. The van der Waals surface area contributed by atoms with Gasteiger partial charge in [0.1, 0.15) is 16.6 Å². The second kappa shape index (κ2) is 9.12. The van der Waals surface area contributed by atoms with Gasteiger partial charge in [0.15, 0.2) is 5.71 Å². The fourth-order valence-electron chi connectivity index (χ4n) is 1.92. The molecule has 6 nitrogen and oxygen atoms in total. The van der Waals surface area contributed by atoms with E-state index in [0.29, 0.717) is 28.6 Å². The van der Waals surface area contributed by atoms with Crippen LogP contribution in [0.2, 0.25) is 5.02 Å². The van der Waals surface area contributed by atoms with Gasteiger partial charge in [-0.1, -0.05) is 41.9 Å². The number of carbonyl (C=O) groups excluding carboxylic acids is 1.